The molecule has 0 spiro atoms. The van der Waals surface area contributed by atoms with E-state index >= 15 is 0 Å². The SMILES string of the molecule is CC(CC(/N=N/C(CC(C)[N+](=O)[O-])C(=O)O)C(=O)O)[N+](=O)[O-]. The first-order chi connectivity index (χ1) is 10.1. The number of nitrogens with zero attached hydrogens (tertiary/aromatic N) is 4. The van der Waals surface area contributed by atoms with Gasteiger partial charge in [-0.2, -0.15) is 10.2 Å². The molecule has 0 aliphatic heterocycles. The predicted octanol–water partition coefficient (Wildman–Crippen LogP) is 0.456. The molecule has 0 amide bonds. The van der Waals surface area contributed by atoms with E-state index in [2.05, 4.69) is 10.2 Å². The van der Waals surface area contributed by atoms with Crippen molar-refractivity contribution in [2.45, 2.75) is 50.9 Å². The number of hydrogen-bond donors (Lipinski definition) is 2. The van der Waals surface area contributed by atoms with Gasteiger partial charge in [-0.15, -0.1) is 0 Å². The highest BCUT2D eigenvalue weighted by atomic mass is 16.6. The smallest absolute Gasteiger partial charge is 0.330 e. The van der Waals surface area contributed by atoms with Crippen LogP contribution in [0.2, 0.25) is 0 Å². The molecule has 0 rings (SSSR count). The lowest BCUT2D eigenvalue weighted by Crippen LogP contribution is -2.29. The molecule has 4 unspecified atom stereocenters. The number of carboxylic acid groups (broad SMARTS) is 2. The molecule has 0 aromatic heterocycles. The minimum absolute atomic E-state index is 0.469. The van der Waals surface area contributed by atoms with E-state index in [0.717, 1.165) is 0 Å². The predicted molar refractivity (Wildman–Crippen MR) is 69.9 cm³/mol. The Morgan fingerprint density at radius 3 is 1.36 bits per heavy atom. The standard InChI is InChI=1S/C10H16N4O8/c1-5(13(19)20)3-7(9(15)16)11-12-8(10(17)18)4-6(2)14(21)22/h5-8H,3-4H2,1-2H3,(H,15,16)(H,17,18)/b12-11+. The third-order valence-electron chi connectivity index (χ3n) is 2.76. The number of carboxylic acids is 2. The molecular formula is C10H16N4O8. The van der Waals surface area contributed by atoms with Crippen molar-refractivity contribution in [3.05, 3.63) is 20.2 Å². The number of nitro groups is 2. The first-order valence-electron chi connectivity index (χ1n) is 6.18. The minimum atomic E-state index is -1.59. The van der Waals surface area contributed by atoms with Crippen LogP contribution in [-0.2, 0) is 9.59 Å². The van der Waals surface area contributed by atoms with Crippen LogP contribution in [0.3, 0.4) is 0 Å². The number of aliphatic carboxylic acids is 2. The lowest BCUT2D eigenvalue weighted by Gasteiger charge is -2.10. The number of azo groups is 1. The molecule has 0 aliphatic carbocycles. The van der Waals surface area contributed by atoms with Crippen LogP contribution in [0.5, 0.6) is 0 Å². The summed E-state index contributed by atoms with van der Waals surface area (Å²) in [5.41, 5.74) is 0. The Kier molecular flexibility index (Phi) is 7.55. The Bertz CT molecular complexity index is 438. The van der Waals surface area contributed by atoms with E-state index in [1.807, 2.05) is 0 Å². The highest BCUT2D eigenvalue weighted by Crippen LogP contribution is 2.11. The van der Waals surface area contributed by atoms with Gasteiger partial charge in [-0.1, -0.05) is 0 Å². The molecule has 0 saturated carbocycles. The Labute approximate surface area is 124 Å². The Hall–Kier alpha value is -2.66. The number of carbonyl (C=O) groups is 2. The van der Waals surface area contributed by atoms with Crippen molar-refractivity contribution in [2.24, 2.45) is 10.2 Å². The van der Waals surface area contributed by atoms with Gasteiger partial charge < -0.3 is 10.2 Å². The molecule has 22 heavy (non-hydrogen) atoms. The van der Waals surface area contributed by atoms with E-state index in [-0.39, 0.29) is 0 Å². The zero-order valence-corrected chi connectivity index (χ0v) is 11.9. The molecular weight excluding hydrogens is 304 g/mol. The largest absolute Gasteiger partial charge is 0.480 e. The van der Waals surface area contributed by atoms with Gasteiger partial charge in [0.2, 0.25) is 12.1 Å². The second-order valence-corrected chi connectivity index (χ2v) is 4.68. The summed E-state index contributed by atoms with van der Waals surface area (Å²) in [5, 5.41) is 45.4. The maximum absolute atomic E-state index is 10.9. The molecule has 0 radical (unpaired) electrons. The molecule has 0 aromatic carbocycles. The van der Waals surface area contributed by atoms with Crippen LogP contribution >= 0.6 is 0 Å². The summed E-state index contributed by atoms with van der Waals surface area (Å²) in [6.45, 7) is 2.35. The monoisotopic (exact) mass is 320 g/mol. The first-order valence-corrected chi connectivity index (χ1v) is 6.18. The van der Waals surface area contributed by atoms with Gasteiger partial charge in [-0.3, -0.25) is 20.2 Å². The molecule has 0 bridgehead atoms. The van der Waals surface area contributed by atoms with Gasteiger partial charge in [0.25, 0.3) is 0 Å². The first kappa shape index (κ1) is 19.3. The normalized spacial score (nSPS) is 16.6. The summed E-state index contributed by atoms with van der Waals surface area (Å²) in [5.74, 6) is -2.99. The van der Waals surface area contributed by atoms with Crippen molar-refractivity contribution in [2.75, 3.05) is 0 Å². The van der Waals surface area contributed by atoms with Crippen LogP contribution in [0.15, 0.2) is 10.2 Å². The van der Waals surface area contributed by atoms with E-state index < -0.39 is 58.8 Å². The topological polar surface area (TPSA) is 186 Å². The van der Waals surface area contributed by atoms with Crippen molar-refractivity contribution >= 4 is 11.9 Å². The van der Waals surface area contributed by atoms with Crippen LogP contribution in [-0.4, -0.2) is 56.2 Å². The highest BCUT2D eigenvalue weighted by molar-refractivity contribution is 5.74. The zero-order chi connectivity index (χ0) is 17.4. The number of rotatable bonds is 10. The van der Waals surface area contributed by atoms with E-state index in [1.165, 1.54) is 13.8 Å². The quantitative estimate of drug-likeness (QED) is 0.330. The summed E-state index contributed by atoms with van der Waals surface area (Å²) in [6.07, 6.45) is -0.939. The van der Waals surface area contributed by atoms with E-state index in [0.29, 0.717) is 0 Å². The third kappa shape index (κ3) is 6.67. The zero-order valence-electron chi connectivity index (χ0n) is 11.9. The summed E-state index contributed by atoms with van der Waals surface area (Å²) in [7, 11) is 0. The average molecular weight is 320 g/mol. The van der Waals surface area contributed by atoms with E-state index in [9.17, 15) is 29.8 Å². The van der Waals surface area contributed by atoms with Gasteiger partial charge in [-0.25, -0.2) is 9.59 Å². The van der Waals surface area contributed by atoms with Gasteiger partial charge in [0.05, 0.1) is 0 Å². The highest BCUT2D eigenvalue weighted by Gasteiger charge is 2.29. The van der Waals surface area contributed by atoms with Crippen molar-refractivity contribution in [1.82, 2.24) is 0 Å². The van der Waals surface area contributed by atoms with Crippen molar-refractivity contribution in [3.8, 4) is 0 Å². The molecule has 4 atom stereocenters. The maximum atomic E-state index is 10.9. The fourth-order valence-corrected chi connectivity index (χ4v) is 1.37. The lowest BCUT2D eigenvalue weighted by molar-refractivity contribution is -0.519. The molecule has 0 saturated heterocycles. The second kappa shape index (κ2) is 8.59. The maximum Gasteiger partial charge on any atom is 0.330 e. The third-order valence-corrected chi connectivity index (χ3v) is 2.76. The van der Waals surface area contributed by atoms with E-state index in [1.54, 1.807) is 0 Å². The summed E-state index contributed by atoms with van der Waals surface area (Å²) in [6, 6.07) is -5.59. The van der Waals surface area contributed by atoms with Crippen LogP contribution in [0.1, 0.15) is 26.7 Å². The van der Waals surface area contributed by atoms with Gasteiger partial charge in [-0.05, 0) is 0 Å². The fourth-order valence-electron chi connectivity index (χ4n) is 1.37. The van der Waals surface area contributed by atoms with Gasteiger partial charge in [0.1, 0.15) is 0 Å². The van der Waals surface area contributed by atoms with Crippen LogP contribution in [0.4, 0.5) is 0 Å². The molecule has 12 nitrogen and oxygen atoms in total. The van der Waals surface area contributed by atoms with Crippen LogP contribution in [0, 0.1) is 20.2 Å². The molecule has 0 aliphatic rings. The van der Waals surface area contributed by atoms with Gasteiger partial charge >= 0.3 is 11.9 Å². The molecule has 2 N–H and O–H groups in total. The second-order valence-electron chi connectivity index (χ2n) is 4.68. The number of hydrogen-bond acceptors (Lipinski definition) is 8. The molecule has 12 heteroatoms. The average Bonchev–Trinajstić information content (AvgIpc) is 2.40. The summed E-state index contributed by atoms with van der Waals surface area (Å²) < 4.78 is 0. The lowest BCUT2D eigenvalue weighted by atomic mass is 10.1. The molecule has 0 aromatic rings. The minimum Gasteiger partial charge on any atom is -0.480 e. The Morgan fingerprint density at radius 1 is 0.909 bits per heavy atom. The van der Waals surface area contributed by atoms with Crippen LogP contribution < -0.4 is 0 Å². The van der Waals surface area contributed by atoms with Gasteiger partial charge in [0, 0.05) is 36.5 Å². The molecule has 0 heterocycles. The summed E-state index contributed by atoms with van der Waals surface area (Å²) in [4.78, 5) is 41.5. The van der Waals surface area contributed by atoms with Crippen molar-refractivity contribution in [3.63, 3.8) is 0 Å². The summed E-state index contributed by atoms with van der Waals surface area (Å²) >= 11 is 0. The van der Waals surface area contributed by atoms with E-state index in [4.69, 9.17) is 10.2 Å². The van der Waals surface area contributed by atoms with Crippen molar-refractivity contribution in [1.29, 1.82) is 0 Å². The Balaban J connectivity index is 5.01. The fraction of sp³-hybridized carbons (Fsp3) is 0.800. The van der Waals surface area contributed by atoms with Crippen LogP contribution in [0.25, 0.3) is 0 Å². The molecule has 0 fully saturated rings. The van der Waals surface area contributed by atoms with Gasteiger partial charge in [0.15, 0.2) is 12.1 Å². The Morgan fingerprint density at radius 2 is 1.18 bits per heavy atom. The molecule has 124 valence electrons. The van der Waals surface area contributed by atoms with Crippen molar-refractivity contribution < 1.29 is 29.6 Å².